The van der Waals surface area contributed by atoms with Gasteiger partial charge in [-0.05, 0) is 38.0 Å². The van der Waals surface area contributed by atoms with Crippen molar-refractivity contribution in [1.82, 2.24) is 0 Å². The molecule has 0 aromatic rings. The van der Waals surface area contributed by atoms with Gasteiger partial charge in [-0.15, -0.1) is 5.82 Å². The van der Waals surface area contributed by atoms with Gasteiger partial charge in [-0.1, -0.05) is 6.92 Å². The number of rotatable bonds is 0. The maximum atomic E-state index is 6.34. The molecule has 0 aromatic carbocycles. The molecule has 2 atom stereocenters. The fourth-order valence-electron chi connectivity index (χ4n) is 3.94. The summed E-state index contributed by atoms with van der Waals surface area (Å²) in [5, 5.41) is 0. The fraction of sp³-hybridized carbons (Fsp3) is 0.929. The first-order valence-electron chi connectivity index (χ1n) is 6.65. The van der Waals surface area contributed by atoms with Crippen LogP contribution in [0.5, 0.6) is 0 Å². The minimum absolute atomic E-state index is 0.345. The Morgan fingerprint density at radius 2 is 2.00 bits per heavy atom. The minimum atomic E-state index is 0.345. The minimum Gasteiger partial charge on any atom is -0.374 e. The molecule has 2 aliphatic carbocycles. The van der Waals surface area contributed by atoms with Crippen LogP contribution in [-0.2, 0) is 4.74 Å². The Hall–Kier alpha value is -0.105. The average molecular weight is 220 g/mol. The van der Waals surface area contributed by atoms with E-state index in [0.717, 1.165) is 24.4 Å². The third kappa shape index (κ3) is 1.70. The maximum absolute atomic E-state index is 6.34. The Labute approximate surface area is 101 Å². The number of hydrogen-bond acceptors (Lipinski definition) is 1. The van der Waals surface area contributed by atoms with Gasteiger partial charge in [0.25, 0.3) is 0 Å². The SMILES string of the molecule is [BH3-][C+]1CCC2C(COC23CCC(C)CC3)C1. The summed E-state index contributed by atoms with van der Waals surface area (Å²) in [6.45, 7) is 3.50. The second-order valence-electron chi connectivity index (χ2n) is 5.92. The van der Waals surface area contributed by atoms with Crippen molar-refractivity contribution in [1.29, 1.82) is 0 Å². The van der Waals surface area contributed by atoms with E-state index in [1.54, 1.807) is 0 Å². The van der Waals surface area contributed by atoms with Gasteiger partial charge in [0.05, 0.1) is 12.2 Å². The molecule has 3 aliphatic rings. The average Bonchev–Trinajstić information content (AvgIpc) is 2.62. The molecule has 1 saturated heterocycles. The van der Waals surface area contributed by atoms with Crippen LogP contribution in [-0.4, -0.2) is 20.1 Å². The maximum Gasteiger partial charge on any atom is 0.158 e. The highest BCUT2D eigenvalue weighted by atomic mass is 16.5. The van der Waals surface area contributed by atoms with Gasteiger partial charge in [-0.3, -0.25) is 0 Å². The standard InChI is InChI=1S/C14H25BO/c1-10-4-6-14(7-5-10)13-3-2-12(15)8-11(13)9-16-14/h10-11,13H,2-9H2,1,15H3. The molecule has 1 heterocycles. The third-order valence-corrected chi connectivity index (χ3v) is 4.99. The molecule has 3 rings (SSSR count). The molecule has 0 radical (unpaired) electrons. The number of hydrogen-bond donors (Lipinski definition) is 0. The summed E-state index contributed by atoms with van der Waals surface area (Å²) in [7, 11) is 0.510. The van der Waals surface area contributed by atoms with Crippen molar-refractivity contribution in [3.8, 4) is 0 Å². The fourth-order valence-corrected chi connectivity index (χ4v) is 3.94. The van der Waals surface area contributed by atoms with Crippen LogP contribution in [0.3, 0.4) is 0 Å². The molecule has 90 valence electrons. The Morgan fingerprint density at radius 3 is 2.75 bits per heavy atom. The van der Waals surface area contributed by atoms with E-state index in [0.29, 0.717) is 13.4 Å². The highest BCUT2D eigenvalue weighted by Gasteiger charge is 2.52. The van der Waals surface area contributed by atoms with Gasteiger partial charge in [-0.2, -0.15) is 0 Å². The highest BCUT2D eigenvalue weighted by molar-refractivity contribution is 6.18. The normalized spacial score (nSPS) is 48.4. The Morgan fingerprint density at radius 1 is 1.25 bits per heavy atom. The van der Waals surface area contributed by atoms with Gasteiger partial charge in [0, 0.05) is 24.7 Å². The van der Waals surface area contributed by atoms with Gasteiger partial charge in [0.15, 0.2) is 7.85 Å². The lowest BCUT2D eigenvalue weighted by Crippen LogP contribution is -2.42. The van der Waals surface area contributed by atoms with Crippen LogP contribution in [0, 0.1) is 23.6 Å². The van der Waals surface area contributed by atoms with Gasteiger partial charge in [0.1, 0.15) is 0 Å². The quantitative estimate of drug-likeness (QED) is 0.449. The van der Waals surface area contributed by atoms with E-state index in [1.807, 2.05) is 5.82 Å². The molecular formula is C14H25BO. The van der Waals surface area contributed by atoms with Gasteiger partial charge in [0.2, 0.25) is 0 Å². The molecule has 2 unspecified atom stereocenters. The molecule has 0 amide bonds. The highest BCUT2D eigenvalue weighted by Crippen LogP contribution is 2.53. The van der Waals surface area contributed by atoms with Crippen LogP contribution in [0.1, 0.15) is 51.9 Å². The zero-order chi connectivity index (χ0) is 11.2. The van der Waals surface area contributed by atoms with E-state index in [2.05, 4.69) is 6.92 Å². The first-order chi connectivity index (χ1) is 7.70. The first-order valence-corrected chi connectivity index (χ1v) is 6.65. The van der Waals surface area contributed by atoms with Gasteiger partial charge in [-0.25, -0.2) is 0 Å². The Kier molecular flexibility index (Phi) is 2.74. The van der Waals surface area contributed by atoms with Crippen molar-refractivity contribution >= 4 is 7.85 Å². The van der Waals surface area contributed by atoms with Crippen LogP contribution >= 0.6 is 0 Å². The molecule has 1 nitrogen and oxygen atoms in total. The van der Waals surface area contributed by atoms with Crippen LogP contribution in [0.15, 0.2) is 0 Å². The molecule has 16 heavy (non-hydrogen) atoms. The van der Waals surface area contributed by atoms with Crippen LogP contribution in [0.4, 0.5) is 0 Å². The van der Waals surface area contributed by atoms with Crippen molar-refractivity contribution in [2.45, 2.75) is 57.5 Å². The lowest BCUT2D eigenvalue weighted by molar-refractivity contribution is -0.0599. The molecule has 0 N–H and O–H groups in total. The molecule has 2 heteroatoms. The third-order valence-electron chi connectivity index (χ3n) is 4.99. The van der Waals surface area contributed by atoms with E-state index >= 15 is 0 Å². The summed E-state index contributed by atoms with van der Waals surface area (Å²) in [5.74, 6) is 4.77. The first kappa shape index (κ1) is 11.0. The monoisotopic (exact) mass is 220 g/mol. The number of fused-ring (bicyclic) bond motifs is 2. The summed E-state index contributed by atoms with van der Waals surface area (Å²) in [4.78, 5) is 0. The summed E-state index contributed by atoms with van der Waals surface area (Å²) < 4.78 is 6.34. The van der Waals surface area contributed by atoms with Crippen LogP contribution < -0.4 is 0 Å². The molecule has 3 fully saturated rings. The second kappa shape index (κ2) is 3.98. The number of ether oxygens (including phenoxy) is 1. The molecule has 1 spiro atoms. The molecule has 2 saturated carbocycles. The summed E-state index contributed by atoms with van der Waals surface area (Å²) in [6, 6.07) is 0. The van der Waals surface area contributed by atoms with Crippen LogP contribution in [0.2, 0.25) is 0 Å². The predicted octanol–water partition coefficient (Wildman–Crippen LogP) is 2.28. The van der Waals surface area contributed by atoms with E-state index in [4.69, 9.17) is 4.74 Å². The van der Waals surface area contributed by atoms with Crippen molar-refractivity contribution in [3.05, 3.63) is 5.82 Å². The molecule has 0 aromatic heterocycles. The van der Waals surface area contributed by atoms with Crippen molar-refractivity contribution < 1.29 is 4.74 Å². The summed E-state index contributed by atoms with van der Waals surface area (Å²) >= 11 is 0. The summed E-state index contributed by atoms with van der Waals surface area (Å²) in [6.07, 6.45) is 9.95. The molecular weight excluding hydrogens is 195 g/mol. The zero-order valence-corrected chi connectivity index (χ0v) is 9.80. The zero-order valence-electron chi connectivity index (χ0n) is 9.80. The second-order valence-corrected chi connectivity index (χ2v) is 5.92. The smallest absolute Gasteiger partial charge is 0.158 e. The van der Waals surface area contributed by atoms with E-state index in [-0.39, 0.29) is 0 Å². The van der Waals surface area contributed by atoms with Crippen molar-refractivity contribution in [2.24, 2.45) is 17.8 Å². The van der Waals surface area contributed by atoms with E-state index in [1.165, 1.54) is 44.9 Å². The van der Waals surface area contributed by atoms with E-state index in [9.17, 15) is 0 Å². The topological polar surface area (TPSA) is 9.23 Å². The Balaban J connectivity index is 1.73. The molecule has 0 bridgehead atoms. The predicted molar refractivity (Wildman–Crippen MR) is 70.3 cm³/mol. The van der Waals surface area contributed by atoms with Crippen molar-refractivity contribution in [3.63, 3.8) is 0 Å². The van der Waals surface area contributed by atoms with Gasteiger partial charge < -0.3 is 4.74 Å². The lowest BCUT2D eigenvalue weighted by atomic mass is 9.61. The summed E-state index contributed by atoms with van der Waals surface area (Å²) in [5.41, 5.74) is 0.345. The largest absolute Gasteiger partial charge is 0.374 e. The van der Waals surface area contributed by atoms with E-state index < -0.39 is 0 Å². The Bertz CT molecular complexity index is 257. The van der Waals surface area contributed by atoms with Crippen molar-refractivity contribution in [2.75, 3.05) is 6.61 Å². The van der Waals surface area contributed by atoms with Crippen LogP contribution in [0.25, 0.3) is 0 Å². The lowest BCUT2D eigenvalue weighted by Gasteiger charge is -2.42. The van der Waals surface area contributed by atoms with Gasteiger partial charge >= 0.3 is 0 Å². The molecule has 1 aliphatic heterocycles.